The Morgan fingerprint density at radius 1 is 1.38 bits per heavy atom. The average molecular weight is 182 g/mol. The van der Waals surface area contributed by atoms with Crippen LogP contribution in [0.1, 0.15) is 32.6 Å². The van der Waals surface area contributed by atoms with E-state index in [1.54, 1.807) is 0 Å². The first kappa shape index (κ1) is 9.00. The summed E-state index contributed by atoms with van der Waals surface area (Å²) in [6.45, 7) is 4.15. The molecule has 74 valence electrons. The highest BCUT2D eigenvalue weighted by Crippen LogP contribution is 2.45. The molecule has 1 saturated carbocycles. The minimum absolute atomic E-state index is 0.00905. The van der Waals surface area contributed by atoms with E-state index < -0.39 is 0 Å². The van der Waals surface area contributed by atoms with E-state index in [2.05, 4.69) is 17.6 Å². The van der Waals surface area contributed by atoms with Crippen molar-refractivity contribution in [3.8, 4) is 0 Å². The number of carbonyl (C=O) groups excluding carboxylic acids is 1. The van der Waals surface area contributed by atoms with Crippen LogP contribution in [0.2, 0.25) is 0 Å². The maximum absolute atomic E-state index is 11.7. The van der Waals surface area contributed by atoms with Gasteiger partial charge in [-0.25, -0.2) is 0 Å². The van der Waals surface area contributed by atoms with Crippen molar-refractivity contribution in [2.75, 3.05) is 13.1 Å². The van der Waals surface area contributed by atoms with Gasteiger partial charge in [-0.1, -0.05) is 6.92 Å². The van der Waals surface area contributed by atoms with Gasteiger partial charge in [-0.05, 0) is 38.8 Å². The van der Waals surface area contributed by atoms with Gasteiger partial charge >= 0.3 is 0 Å². The van der Waals surface area contributed by atoms with Gasteiger partial charge < -0.3 is 10.6 Å². The lowest BCUT2D eigenvalue weighted by atomic mass is 10.0. The topological polar surface area (TPSA) is 41.1 Å². The van der Waals surface area contributed by atoms with Crippen molar-refractivity contribution in [3.63, 3.8) is 0 Å². The number of nitrogens with one attached hydrogen (secondary N) is 2. The molecule has 0 unspecified atom stereocenters. The second kappa shape index (κ2) is 3.29. The minimum Gasteiger partial charge on any atom is -0.353 e. The highest BCUT2D eigenvalue weighted by molar-refractivity contribution is 5.85. The SMILES string of the molecule is CC1(C(=O)NC2CCNCC2)CC1. The van der Waals surface area contributed by atoms with Crippen molar-refractivity contribution in [2.45, 2.75) is 38.6 Å². The number of hydrogen-bond acceptors (Lipinski definition) is 2. The zero-order chi connectivity index (χ0) is 9.31. The second-order valence-electron chi connectivity index (χ2n) is 4.56. The Morgan fingerprint density at radius 3 is 2.54 bits per heavy atom. The monoisotopic (exact) mass is 182 g/mol. The molecular weight excluding hydrogens is 164 g/mol. The Kier molecular flexibility index (Phi) is 2.28. The fourth-order valence-corrected chi connectivity index (χ4v) is 1.74. The number of piperidine rings is 1. The lowest BCUT2D eigenvalue weighted by Gasteiger charge is -2.25. The Labute approximate surface area is 79.3 Å². The predicted octanol–water partition coefficient (Wildman–Crippen LogP) is 0.655. The third-order valence-corrected chi connectivity index (χ3v) is 3.22. The number of hydrogen-bond donors (Lipinski definition) is 2. The van der Waals surface area contributed by atoms with Crippen molar-refractivity contribution in [1.82, 2.24) is 10.6 Å². The summed E-state index contributed by atoms with van der Waals surface area (Å²) in [5, 5.41) is 6.43. The Bertz CT molecular complexity index is 205. The molecule has 2 aliphatic rings. The fraction of sp³-hybridized carbons (Fsp3) is 0.900. The summed E-state index contributed by atoms with van der Waals surface area (Å²) in [7, 11) is 0. The normalized spacial score (nSPS) is 26.8. The van der Waals surface area contributed by atoms with Crippen LogP contribution < -0.4 is 10.6 Å². The van der Waals surface area contributed by atoms with E-state index in [1.165, 1.54) is 0 Å². The lowest BCUT2D eigenvalue weighted by Crippen LogP contribution is -2.44. The van der Waals surface area contributed by atoms with Crippen LogP contribution >= 0.6 is 0 Å². The number of amides is 1. The van der Waals surface area contributed by atoms with Gasteiger partial charge in [0.25, 0.3) is 0 Å². The van der Waals surface area contributed by atoms with E-state index in [0.717, 1.165) is 38.8 Å². The third kappa shape index (κ3) is 2.02. The summed E-state index contributed by atoms with van der Waals surface area (Å²) in [6.07, 6.45) is 4.32. The van der Waals surface area contributed by atoms with Crippen LogP contribution in [0.25, 0.3) is 0 Å². The van der Waals surface area contributed by atoms with Crippen LogP contribution in [0, 0.1) is 5.41 Å². The van der Waals surface area contributed by atoms with Crippen LogP contribution in [0.15, 0.2) is 0 Å². The van der Waals surface area contributed by atoms with Gasteiger partial charge in [0.2, 0.25) is 5.91 Å². The summed E-state index contributed by atoms with van der Waals surface area (Å²) in [5.74, 6) is 0.277. The molecule has 0 aromatic heterocycles. The van der Waals surface area contributed by atoms with E-state index >= 15 is 0 Å². The first-order chi connectivity index (χ1) is 6.21. The van der Waals surface area contributed by atoms with Crippen LogP contribution in [0.3, 0.4) is 0 Å². The standard InChI is InChI=1S/C10H18N2O/c1-10(4-5-10)9(13)12-8-2-6-11-7-3-8/h8,11H,2-7H2,1H3,(H,12,13). The molecule has 1 aliphatic carbocycles. The molecule has 0 aromatic rings. The van der Waals surface area contributed by atoms with E-state index in [9.17, 15) is 4.79 Å². The Hall–Kier alpha value is -0.570. The highest BCUT2D eigenvalue weighted by atomic mass is 16.2. The third-order valence-electron chi connectivity index (χ3n) is 3.22. The van der Waals surface area contributed by atoms with E-state index in [0.29, 0.717) is 6.04 Å². The highest BCUT2D eigenvalue weighted by Gasteiger charge is 2.45. The summed E-state index contributed by atoms with van der Waals surface area (Å²) < 4.78 is 0. The first-order valence-corrected chi connectivity index (χ1v) is 5.22. The molecule has 3 heteroatoms. The molecule has 0 aromatic carbocycles. The molecule has 0 radical (unpaired) electrons. The van der Waals surface area contributed by atoms with Crippen molar-refractivity contribution in [3.05, 3.63) is 0 Å². The van der Waals surface area contributed by atoms with Crippen molar-refractivity contribution in [2.24, 2.45) is 5.41 Å². The summed E-state index contributed by atoms with van der Waals surface area (Å²) in [6, 6.07) is 0.422. The molecule has 0 bridgehead atoms. The van der Waals surface area contributed by atoms with Gasteiger partial charge in [0.1, 0.15) is 0 Å². The largest absolute Gasteiger partial charge is 0.353 e. The average Bonchev–Trinajstić information content (AvgIpc) is 2.87. The Morgan fingerprint density at radius 2 is 2.00 bits per heavy atom. The van der Waals surface area contributed by atoms with Crippen LogP contribution in [0.5, 0.6) is 0 Å². The molecule has 2 N–H and O–H groups in total. The molecule has 3 nitrogen and oxygen atoms in total. The summed E-state index contributed by atoms with van der Waals surface area (Å²) in [4.78, 5) is 11.7. The zero-order valence-electron chi connectivity index (χ0n) is 8.23. The van der Waals surface area contributed by atoms with Crippen LogP contribution in [0.4, 0.5) is 0 Å². The maximum atomic E-state index is 11.7. The smallest absolute Gasteiger partial charge is 0.226 e. The maximum Gasteiger partial charge on any atom is 0.226 e. The number of rotatable bonds is 2. The molecule has 2 fully saturated rings. The quantitative estimate of drug-likeness (QED) is 0.658. The fourth-order valence-electron chi connectivity index (χ4n) is 1.74. The predicted molar refractivity (Wildman–Crippen MR) is 51.4 cm³/mol. The van der Waals surface area contributed by atoms with Gasteiger partial charge in [-0.2, -0.15) is 0 Å². The first-order valence-electron chi connectivity index (χ1n) is 5.22. The van der Waals surface area contributed by atoms with Crippen LogP contribution in [-0.4, -0.2) is 25.0 Å². The van der Waals surface area contributed by atoms with Crippen molar-refractivity contribution < 1.29 is 4.79 Å². The van der Waals surface area contributed by atoms with Gasteiger partial charge in [0.15, 0.2) is 0 Å². The molecular formula is C10H18N2O. The van der Waals surface area contributed by atoms with Gasteiger partial charge in [0, 0.05) is 11.5 Å². The summed E-state index contributed by atoms with van der Waals surface area (Å²) in [5.41, 5.74) is -0.00905. The zero-order valence-corrected chi connectivity index (χ0v) is 8.23. The summed E-state index contributed by atoms with van der Waals surface area (Å²) >= 11 is 0. The molecule has 1 amide bonds. The van der Waals surface area contributed by atoms with Gasteiger partial charge in [-0.15, -0.1) is 0 Å². The molecule has 0 atom stereocenters. The number of carbonyl (C=O) groups is 1. The van der Waals surface area contributed by atoms with Gasteiger partial charge in [-0.3, -0.25) is 4.79 Å². The van der Waals surface area contributed by atoms with E-state index in [4.69, 9.17) is 0 Å². The molecule has 2 rings (SSSR count). The molecule has 13 heavy (non-hydrogen) atoms. The molecule has 1 saturated heterocycles. The van der Waals surface area contributed by atoms with Crippen molar-refractivity contribution in [1.29, 1.82) is 0 Å². The molecule has 1 aliphatic heterocycles. The van der Waals surface area contributed by atoms with Crippen molar-refractivity contribution >= 4 is 5.91 Å². The van der Waals surface area contributed by atoms with E-state index in [-0.39, 0.29) is 11.3 Å². The Balaban J connectivity index is 1.79. The minimum atomic E-state index is -0.00905. The lowest BCUT2D eigenvalue weighted by molar-refractivity contribution is -0.126. The van der Waals surface area contributed by atoms with Gasteiger partial charge in [0.05, 0.1) is 0 Å². The van der Waals surface area contributed by atoms with E-state index in [1.807, 2.05) is 0 Å². The van der Waals surface area contributed by atoms with Crippen LogP contribution in [-0.2, 0) is 4.79 Å². The molecule has 1 heterocycles. The molecule has 0 spiro atoms. The second-order valence-corrected chi connectivity index (χ2v) is 4.56.